The molecular formula is C23H31IN4O3. The van der Waals surface area contributed by atoms with Gasteiger partial charge in [0.2, 0.25) is 11.8 Å². The largest absolute Gasteiger partial charge is 0.386 e. The molecular weight excluding hydrogens is 507 g/mol. The molecule has 4 rings (SSSR count). The Hall–Kier alpha value is -1.94. The van der Waals surface area contributed by atoms with E-state index in [0.717, 1.165) is 17.5 Å². The van der Waals surface area contributed by atoms with Crippen LogP contribution in [0.5, 0.6) is 0 Å². The molecule has 2 amide bonds. The summed E-state index contributed by atoms with van der Waals surface area (Å²) >= 11 is 0. The van der Waals surface area contributed by atoms with E-state index in [4.69, 9.17) is 0 Å². The normalized spacial score (nSPS) is 27.3. The number of nitrogens with zero attached hydrogens (tertiary/aromatic N) is 2. The Labute approximate surface area is 200 Å². The zero-order valence-electron chi connectivity index (χ0n) is 18.0. The summed E-state index contributed by atoms with van der Waals surface area (Å²) in [5.74, 6) is 0.664. The van der Waals surface area contributed by atoms with Crippen LogP contribution in [-0.2, 0) is 9.59 Å². The standard InChI is InChI=1S/C23H30N4O3.HI/c1-3-24-23(26-13-18(28)15-6-4-5-14(2)11-15)25-9-10-27-21(29)19-16-7-8-17(12-16)20(19)22(27)30;/h4-8,11,16-20,28H,3,9-10,12-13H2,1-2H3,(H2,24,25,26);1H. The van der Waals surface area contributed by atoms with E-state index in [9.17, 15) is 14.7 Å². The Morgan fingerprint density at radius 1 is 1.19 bits per heavy atom. The highest BCUT2D eigenvalue weighted by Gasteiger charge is 2.58. The molecule has 1 heterocycles. The van der Waals surface area contributed by atoms with Gasteiger partial charge in [0.05, 0.1) is 24.5 Å². The number of aliphatic imine (C=N–C) groups is 1. The van der Waals surface area contributed by atoms with Gasteiger partial charge in [-0.25, -0.2) is 0 Å². The molecule has 2 aliphatic carbocycles. The molecule has 1 aromatic carbocycles. The number of guanidine groups is 1. The van der Waals surface area contributed by atoms with Crippen LogP contribution in [0.15, 0.2) is 41.4 Å². The number of rotatable bonds is 7. The van der Waals surface area contributed by atoms with Crippen molar-refractivity contribution < 1.29 is 14.7 Å². The number of halogens is 1. The molecule has 7 nitrogen and oxygen atoms in total. The Morgan fingerprint density at radius 3 is 2.48 bits per heavy atom. The Bertz CT molecular complexity index is 857. The van der Waals surface area contributed by atoms with E-state index in [1.165, 1.54) is 4.90 Å². The molecule has 1 aliphatic heterocycles. The quantitative estimate of drug-likeness (QED) is 0.162. The first-order chi connectivity index (χ1) is 14.5. The number of nitrogens with one attached hydrogen (secondary N) is 2. The number of amides is 2. The summed E-state index contributed by atoms with van der Waals surface area (Å²) < 4.78 is 0. The van der Waals surface area contributed by atoms with Crippen molar-refractivity contribution in [2.24, 2.45) is 28.7 Å². The van der Waals surface area contributed by atoms with E-state index in [0.29, 0.717) is 25.6 Å². The molecule has 1 saturated heterocycles. The third-order valence-electron chi connectivity index (χ3n) is 6.38. The molecule has 168 valence electrons. The summed E-state index contributed by atoms with van der Waals surface area (Å²) in [6, 6.07) is 7.74. The fourth-order valence-corrected chi connectivity index (χ4v) is 4.97. The number of likely N-dealkylation sites (tertiary alicyclic amines) is 1. The number of hydrogen-bond donors (Lipinski definition) is 3. The molecule has 3 N–H and O–H groups in total. The molecule has 2 bridgehead atoms. The van der Waals surface area contributed by atoms with Crippen molar-refractivity contribution >= 4 is 41.8 Å². The highest BCUT2D eigenvalue weighted by atomic mass is 127. The van der Waals surface area contributed by atoms with Gasteiger partial charge in [-0.3, -0.25) is 19.5 Å². The van der Waals surface area contributed by atoms with Gasteiger partial charge >= 0.3 is 0 Å². The van der Waals surface area contributed by atoms with Crippen molar-refractivity contribution in [3.63, 3.8) is 0 Å². The summed E-state index contributed by atoms with van der Waals surface area (Å²) in [4.78, 5) is 31.4. The number of benzene rings is 1. The number of carbonyl (C=O) groups excluding carboxylic acids is 2. The van der Waals surface area contributed by atoms with Crippen LogP contribution in [0.25, 0.3) is 0 Å². The lowest BCUT2D eigenvalue weighted by Gasteiger charge is -2.19. The molecule has 0 radical (unpaired) electrons. The van der Waals surface area contributed by atoms with Crippen molar-refractivity contribution in [1.29, 1.82) is 0 Å². The predicted molar refractivity (Wildman–Crippen MR) is 130 cm³/mol. The van der Waals surface area contributed by atoms with E-state index in [2.05, 4.69) is 27.8 Å². The lowest BCUT2D eigenvalue weighted by atomic mass is 9.85. The average molecular weight is 538 g/mol. The second-order valence-electron chi connectivity index (χ2n) is 8.40. The molecule has 1 saturated carbocycles. The van der Waals surface area contributed by atoms with Crippen LogP contribution in [0.2, 0.25) is 0 Å². The van der Waals surface area contributed by atoms with Crippen molar-refractivity contribution in [2.45, 2.75) is 26.4 Å². The fourth-order valence-electron chi connectivity index (χ4n) is 4.97. The van der Waals surface area contributed by atoms with Crippen LogP contribution in [0.4, 0.5) is 0 Å². The number of fused-ring (bicyclic) bond motifs is 5. The number of aryl methyl sites for hydroxylation is 1. The van der Waals surface area contributed by atoms with E-state index in [1.807, 2.05) is 38.1 Å². The van der Waals surface area contributed by atoms with Crippen LogP contribution < -0.4 is 10.6 Å². The highest BCUT2D eigenvalue weighted by Crippen LogP contribution is 2.52. The maximum atomic E-state index is 12.8. The zero-order chi connectivity index (χ0) is 21.3. The van der Waals surface area contributed by atoms with Gasteiger partial charge < -0.3 is 15.7 Å². The summed E-state index contributed by atoms with van der Waals surface area (Å²) in [5.41, 5.74) is 1.92. The first kappa shape index (κ1) is 23.7. The number of aliphatic hydroxyl groups is 1. The van der Waals surface area contributed by atoms with Crippen molar-refractivity contribution in [2.75, 3.05) is 26.2 Å². The van der Waals surface area contributed by atoms with Gasteiger partial charge in [0.25, 0.3) is 0 Å². The zero-order valence-corrected chi connectivity index (χ0v) is 20.3. The van der Waals surface area contributed by atoms with Gasteiger partial charge in [-0.1, -0.05) is 42.0 Å². The van der Waals surface area contributed by atoms with E-state index in [-0.39, 0.29) is 66.0 Å². The minimum atomic E-state index is -0.690. The second-order valence-corrected chi connectivity index (χ2v) is 8.40. The molecule has 31 heavy (non-hydrogen) atoms. The van der Waals surface area contributed by atoms with Gasteiger partial charge in [0.15, 0.2) is 5.96 Å². The van der Waals surface area contributed by atoms with E-state index in [1.54, 1.807) is 0 Å². The van der Waals surface area contributed by atoms with E-state index >= 15 is 0 Å². The Balaban J connectivity index is 0.00000272. The van der Waals surface area contributed by atoms with Crippen LogP contribution >= 0.6 is 24.0 Å². The molecule has 5 atom stereocenters. The Morgan fingerprint density at radius 2 is 1.87 bits per heavy atom. The molecule has 2 fully saturated rings. The van der Waals surface area contributed by atoms with Crippen LogP contribution in [-0.4, -0.2) is 54.0 Å². The smallest absolute Gasteiger partial charge is 0.233 e. The number of carbonyl (C=O) groups is 2. The first-order valence-corrected chi connectivity index (χ1v) is 10.8. The van der Waals surface area contributed by atoms with Crippen molar-refractivity contribution in [1.82, 2.24) is 15.5 Å². The molecule has 3 aliphatic rings. The predicted octanol–water partition coefficient (Wildman–Crippen LogP) is 2.01. The van der Waals surface area contributed by atoms with Crippen LogP contribution in [0.1, 0.15) is 30.6 Å². The number of allylic oxidation sites excluding steroid dienone is 2. The third kappa shape index (κ3) is 4.79. The lowest BCUT2D eigenvalue weighted by molar-refractivity contribution is -0.140. The Kier molecular flexibility index (Phi) is 7.74. The van der Waals surface area contributed by atoms with Gasteiger partial charge in [-0.2, -0.15) is 0 Å². The highest BCUT2D eigenvalue weighted by molar-refractivity contribution is 14.0. The summed E-state index contributed by atoms with van der Waals surface area (Å²) in [6.07, 6.45) is 4.46. The minimum absolute atomic E-state index is 0. The molecule has 8 heteroatoms. The summed E-state index contributed by atoms with van der Waals surface area (Å²) in [6.45, 7) is 5.60. The summed E-state index contributed by atoms with van der Waals surface area (Å²) in [5, 5.41) is 16.7. The molecule has 5 unspecified atom stereocenters. The van der Waals surface area contributed by atoms with Gasteiger partial charge in [-0.05, 0) is 37.7 Å². The van der Waals surface area contributed by atoms with E-state index < -0.39 is 6.10 Å². The maximum absolute atomic E-state index is 12.8. The summed E-state index contributed by atoms with van der Waals surface area (Å²) in [7, 11) is 0. The number of imide groups is 1. The number of hydrogen-bond acceptors (Lipinski definition) is 4. The first-order valence-electron chi connectivity index (χ1n) is 10.8. The topological polar surface area (TPSA) is 94.0 Å². The fraction of sp³-hybridized carbons (Fsp3) is 0.522. The van der Waals surface area contributed by atoms with Gasteiger partial charge in [-0.15, -0.1) is 24.0 Å². The molecule has 1 aromatic rings. The van der Waals surface area contributed by atoms with Crippen molar-refractivity contribution in [3.05, 3.63) is 47.5 Å². The van der Waals surface area contributed by atoms with Gasteiger partial charge in [0.1, 0.15) is 0 Å². The second kappa shape index (κ2) is 10.1. The lowest BCUT2D eigenvalue weighted by Crippen LogP contribution is -2.43. The number of aliphatic hydroxyl groups excluding tert-OH is 1. The SMILES string of the molecule is CCNC(=NCC(O)c1cccc(C)c1)NCCN1C(=O)C2C3C=CC(C3)C2C1=O.I. The maximum Gasteiger partial charge on any atom is 0.233 e. The van der Waals surface area contributed by atoms with Gasteiger partial charge in [0, 0.05) is 19.6 Å². The minimum Gasteiger partial charge on any atom is -0.386 e. The average Bonchev–Trinajstić information content (AvgIpc) is 3.41. The third-order valence-corrected chi connectivity index (χ3v) is 6.38. The molecule has 0 spiro atoms. The van der Waals surface area contributed by atoms with Crippen molar-refractivity contribution in [3.8, 4) is 0 Å². The monoisotopic (exact) mass is 538 g/mol. The van der Waals surface area contributed by atoms with Crippen LogP contribution in [0.3, 0.4) is 0 Å². The van der Waals surface area contributed by atoms with Crippen LogP contribution in [0, 0.1) is 30.6 Å². The molecule has 0 aromatic heterocycles.